The monoisotopic (exact) mass is 360 g/mol. The molecule has 1 aromatic carbocycles. The first-order valence-electron chi connectivity index (χ1n) is 5.54. The maximum absolute atomic E-state index is 6.03. The Kier molecular flexibility index (Phi) is 3.49. The normalized spacial score (nSPS) is 21.9. The fourth-order valence-corrected chi connectivity index (χ4v) is 3.07. The van der Waals surface area contributed by atoms with Gasteiger partial charge in [0, 0.05) is 14.4 Å². The molecule has 17 heavy (non-hydrogen) atoms. The standard InChI is InChI=1S/C12H15BBr2O2/c1-11(2)12(3,4)17-13(16-11)10-8(14)6-5-7-9(10)15/h5-7H,1-4H3. The molecule has 0 radical (unpaired) electrons. The van der Waals surface area contributed by atoms with Crippen molar-refractivity contribution in [2.24, 2.45) is 0 Å². The lowest BCUT2D eigenvalue weighted by molar-refractivity contribution is 0.00578. The number of hydrogen-bond donors (Lipinski definition) is 0. The van der Waals surface area contributed by atoms with Gasteiger partial charge in [-0.05, 0) is 39.8 Å². The summed E-state index contributed by atoms with van der Waals surface area (Å²) in [4.78, 5) is 0. The average Bonchev–Trinajstić information content (AvgIpc) is 2.35. The van der Waals surface area contributed by atoms with Crippen LogP contribution in [0.2, 0.25) is 0 Å². The van der Waals surface area contributed by atoms with Crippen LogP contribution < -0.4 is 5.46 Å². The summed E-state index contributed by atoms with van der Waals surface area (Å²) in [5.74, 6) is 0. The maximum Gasteiger partial charge on any atom is 0.497 e. The predicted octanol–water partition coefficient (Wildman–Crippen LogP) is 3.51. The number of benzene rings is 1. The zero-order valence-electron chi connectivity index (χ0n) is 10.4. The largest absolute Gasteiger partial charge is 0.497 e. The van der Waals surface area contributed by atoms with E-state index in [1.54, 1.807) is 0 Å². The van der Waals surface area contributed by atoms with Crippen LogP contribution in [0.1, 0.15) is 27.7 Å². The van der Waals surface area contributed by atoms with Crippen molar-refractivity contribution in [1.82, 2.24) is 0 Å². The lowest BCUT2D eigenvalue weighted by atomic mass is 9.79. The highest BCUT2D eigenvalue weighted by atomic mass is 79.9. The van der Waals surface area contributed by atoms with Crippen molar-refractivity contribution in [2.75, 3.05) is 0 Å². The lowest BCUT2D eigenvalue weighted by Crippen LogP contribution is -2.41. The van der Waals surface area contributed by atoms with Crippen molar-refractivity contribution >= 4 is 44.4 Å². The van der Waals surface area contributed by atoms with Crippen LogP contribution in [0.3, 0.4) is 0 Å². The van der Waals surface area contributed by atoms with Crippen molar-refractivity contribution in [2.45, 2.75) is 38.9 Å². The summed E-state index contributed by atoms with van der Waals surface area (Å²) in [6, 6.07) is 5.96. The van der Waals surface area contributed by atoms with Crippen LogP contribution >= 0.6 is 31.9 Å². The van der Waals surface area contributed by atoms with Gasteiger partial charge in [0.15, 0.2) is 0 Å². The maximum atomic E-state index is 6.03. The highest BCUT2D eigenvalue weighted by Gasteiger charge is 2.52. The van der Waals surface area contributed by atoms with E-state index in [0.29, 0.717) is 0 Å². The Bertz CT molecular complexity index is 410. The molecule has 1 heterocycles. The molecule has 2 rings (SSSR count). The fourth-order valence-electron chi connectivity index (χ4n) is 1.70. The van der Waals surface area contributed by atoms with Crippen LogP contribution in [0.4, 0.5) is 0 Å². The molecule has 5 heteroatoms. The molecule has 1 aromatic rings. The minimum absolute atomic E-state index is 0.313. The van der Waals surface area contributed by atoms with Gasteiger partial charge in [-0.15, -0.1) is 0 Å². The van der Waals surface area contributed by atoms with Gasteiger partial charge in [-0.2, -0.15) is 0 Å². The Morgan fingerprint density at radius 3 is 1.76 bits per heavy atom. The van der Waals surface area contributed by atoms with Crippen molar-refractivity contribution in [3.63, 3.8) is 0 Å². The molecule has 0 unspecified atom stereocenters. The Hall–Kier alpha value is 0.165. The third kappa shape index (κ3) is 2.35. The van der Waals surface area contributed by atoms with Gasteiger partial charge in [0.1, 0.15) is 0 Å². The molecular weight excluding hydrogens is 347 g/mol. The van der Waals surface area contributed by atoms with Gasteiger partial charge in [0.05, 0.1) is 11.2 Å². The van der Waals surface area contributed by atoms with E-state index in [0.717, 1.165) is 14.4 Å². The third-order valence-corrected chi connectivity index (χ3v) is 4.87. The SMILES string of the molecule is CC1(C)OB(c2c(Br)cccc2Br)OC1(C)C. The van der Waals surface area contributed by atoms with Crippen molar-refractivity contribution in [3.8, 4) is 0 Å². The Morgan fingerprint density at radius 2 is 1.35 bits per heavy atom. The summed E-state index contributed by atoms with van der Waals surface area (Å²) in [6.07, 6.45) is 0. The smallest absolute Gasteiger partial charge is 0.399 e. The molecule has 1 saturated heterocycles. The highest BCUT2D eigenvalue weighted by molar-refractivity contribution is 9.11. The van der Waals surface area contributed by atoms with Gasteiger partial charge in [-0.3, -0.25) is 0 Å². The van der Waals surface area contributed by atoms with Crippen molar-refractivity contribution < 1.29 is 9.31 Å². The Balaban J connectivity index is 2.39. The molecule has 0 amide bonds. The second kappa shape index (κ2) is 4.37. The van der Waals surface area contributed by atoms with Crippen LogP contribution in [0.25, 0.3) is 0 Å². The second-order valence-corrected chi connectivity index (χ2v) is 6.93. The van der Waals surface area contributed by atoms with Gasteiger partial charge in [0.25, 0.3) is 0 Å². The van der Waals surface area contributed by atoms with Crippen molar-refractivity contribution in [3.05, 3.63) is 27.1 Å². The first-order chi connectivity index (χ1) is 7.74. The van der Waals surface area contributed by atoms with Crippen LogP contribution in [-0.2, 0) is 9.31 Å². The molecule has 0 aliphatic carbocycles. The second-order valence-electron chi connectivity index (χ2n) is 5.22. The summed E-state index contributed by atoms with van der Waals surface area (Å²) in [7, 11) is -0.343. The van der Waals surface area contributed by atoms with E-state index >= 15 is 0 Å². The highest BCUT2D eigenvalue weighted by Crippen LogP contribution is 2.37. The van der Waals surface area contributed by atoms with Crippen LogP contribution in [0.15, 0.2) is 27.1 Å². The third-order valence-electron chi connectivity index (χ3n) is 3.49. The molecule has 1 aliphatic rings. The molecule has 0 saturated carbocycles. The van der Waals surface area contributed by atoms with E-state index in [1.807, 2.05) is 18.2 Å². The van der Waals surface area contributed by atoms with E-state index in [-0.39, 0.29) is 18.3 Å². The summed E-state index contributed by atoms with van der Waals surface area (Å²) in [5.41, 5.74) is 0.379. The zero-order valence-corrected chi connectivity index (χ0v) is 13.6. The molecule has 0 atom stereocenters. The average molecular weight is 362 g/mol. The van der Waals surface area contributed by atoms with Crippen molar-refractivity contribution in [1.29, 1.82) is 0 Å². The van der Waals surface area contributed by atoms with Gasteiger partial charge in [-0.25, -0.2) is 0 Å². The zero-order chi connectivity index (χ0) is 12.8. The summed E-state index contributed by atoms with van der Waals surface area (Å²) in [5, 5.41) is 0. The summed E-state index contributed by atoms with van der Waals surface area (Å²) in [6.45, 7) is 8.21. The fraction of sp³-hybridized carbons (Fsp3) is 0.500. The molecule has 92 valence electrons. The first-order valence-corrected chi connectivity index (χ1v) is 7.13. The number of halogens is 2. The molecule has 0 aromatic heterocycles. The van der Waals surface area contributed by atoms with Gasteiger partial charge in [0.2, 0.25) is 0 Å². The minimum Gasteiger partial charge on any atom is -0.399 e. The molecular formula is C12H15BBr2O2. The van der Waals surface area contributed by atoms with E-state index < -0.39 is 0 Å². The topological polar surface area (TPSA) is 18.5 Å². The molecule has 0 spiro atoms. The van der Waals surface area contributed by atoms with Gasteiger partial charge < -0.3 is 9.31 Å². The van der Waals surface area contributed by atoms with E-state index in [9.17, 15) is 0 Å². The summed E-state index contributed by atoms with van der Waals surface area (Å²) < 4.78 is 14.0. The van der Waals surface area contributed by atoms with Crippen LogP contribution in [0, 0.1) is 0 Å². The first kappa shape index (κ1) is 13.6. The van der Waals surface area contributed by atoms with E-state index in [2.05, 4.69) is 59.6 Å². The molecule has 0 N–H and O–H groups in total. The van der Waals surface area contributed by atoms with Gasteiger partial charge in [-0.1, -0.05) is 37.9 Å². The number of rotatable bonds is 1. The predicted molar refractivity (Wildman–Crippen MR) is 77.6 cm³/mol. The Labute approximate surface area is 119 Å². The lowest BCUT2D eigenvalue weighted by Gasteiger charge is -2.32. The quantitative estimate of drug-likeness (QED) is 0.713. The van der Waals surface area contributed by atoms with E-state index in [4.69, 9.17) is 9.31 Å². The molecule has 0 bridgehead atoms. The molecule has 2 nitrogen and oxygen atoms in total. The molecule has 1 aliphatic heterocycles. The summed E-state index contributed by atoms with van der Waals surface area (Å²) >= 11 is 7.08. The Morgan fingerprint density at radius 1 is 0.941 bits per heavy atom. The van der Waals surface area contributed by atoms with E-state index in [1.165, 1.54) is 0 Å². The molecule has 1 fully saturated rings. The number of hydrogen-bond acceptors (Lipinski definition) is 2. The van der Waals surface area contributed by atoms with Crippen LogP contribution in [-0.4, -0.2) is 18.3 Å². The van der Waals surface area contributed by atoms with Crippen LogP contribution in [0.5, 0.6) is 0 Å². The van der Waals surface area contributed by atoms with Gasteiger partial charge >= 0.3 is 7.12 Å². The minimum atomic E-state index is -0.343.